The zero-order chi connectivity index (χ0) is 10.9. The summed E-state index contributed by atoms with van der Waals surface area (Å²) in [6, 6.07) is 2.68. The van der Waals surface area contributed by atoms with E-state index in [1.54, 1.807) is 0 Å². The number of halogens is 4. The Hall–Kier alpha value is -1.33. The Kier molecular flexibility index (Phi) is 2.64. The van der Waals surface area contributed by atoms with Gasteiger partial charge in [0.15, 0.2) is 5.78 Å². The van der Waals surface area contributed by atoms with Crippen LogP contribution < -0.4 is 5.46 Å². The first-order valence-corrected chi connectivity index (χ1v) is 3.83. The predicted octanol–water partition coefficient (Wildman–Crippen LogP) is 2.08. The lowest BCUT2D eigenvalue weighted by Gasteiger charge is -2.16. The van der Waals surface area contributed by atoms with Gasteiger partial charge in [-0.05, 0) is 13.0 Å². The number of rotatable bonds is 2. The number of carbonyl (C=O) groups is 1. The molecule has 1 aromatic carbocycles. The van der Waals surface area contributed by atoms with Crippen molar-refractivity contribution in [1.82, 2.24) is 0 Å². The molecule has 6 heteroatoms. The fraction of sp³-hybridized carbons (Fsp3) is 0.125. The molecule has 0 atom stereocenters. The second-order valence-corrected chi connectivity index (χ2v) is 2.84. The quantitative estimate of drug-likeness (QED) is 0.410. The van der Waals surface area contributed by atoms with Crippen molar-refractivity contribution in [3.8, 4) is 0 Å². The van der Waals surface area contributed by atoms with E-state index >= 15 is 0 Å². The fourth-order valence-electron chi connectivity index (χ4n) is 1.07. The summed E-state index contributed by atoms with van der Waals surface area (Å²) in [5.41, 5.74) is -1.88. The lowest BCUT2D eigenvalue weighted by atomic mass is 9.78. The van der Waals surface area contributed by atoms with Crippen LogP contribution in [0, 0.1) is 5.82 Å². The second kappa shape index (κ2) is 3.44. The van der Waals surface area contributed by atoms with Gasteiger partial charge in [-0.25, -0.2) is 4.39 Å². The van der Waals surface area contributed by atoms with Crippen LogP contribution in [0.25, 0.3) is 0 Å². The molecule has 0 saturated carbocycles. The van der Waals surface area contributed by atoms with Crippen LogP contribution in [0.15, 0.2) is 18.2 Å². The first kappa shape index (κ1) is 10.8. The molecule has 0 aliphatic carbocycles. The number of hydrogen-bond donors (Lipinski definition) is 0. The first-order valence-electron chi connectivity index (χ1n) is 3.83. The molecule has 0 aliphatic rings. The van der Waals surface area contributed by atoms with Crippen molar-refractivity contribution in [3.05, 3.63) is 29.6 Å². The lowest BCUT2D eigenvalue weighted by molar-refractivity contribution is 0.101. The maximum atomic E-state index is 13.1. The Balaban J connectivity index is 3.35. The standard InChI is InChI=1S/C8H6BF4O/c1-5(14)6-3-2-4-7(8(6)10)9(11,12)13/h2-4H,1H3/q-1. The highest BCUT2D eigenvalue weighted by atomic mass is 19.4. The SMILES string of the molecule is CC(=O)c1cccc([B-](F)(F)F)c1F. The third-order valence-electron chi connectivity index (χ3n) is 1.76. The van der Waals surface area contributed by atoms with E-state index in [1.807, 2.05) is 0 Å². The highest BCUT2D eigenvalue weighted by Crippen LogP contribution is 2.14. The van der Waals surface area contributed by atoms with Crippen molar-refractivity contribution in [1.29, 1.82) is 0 Å². The molecule has 0 amide bonds. The molecule has 0 aromatic heterocycles. The molecule has 0 spiro atoms. The Bertz CT molecular complexity index is 372. The zero-order valence-corrected chi connectivity index (χ0v) is 7.23. The average molecular weight is 205 g/mol. The van der Waals surface area contributed by atoms with Gasteiger partial charge in [-0.3, -0.25) is 4.79 Å². The number of Topliss-reactive ketones (excluding diaryl/α,β-unsaturated/α-hetero) is 1. The number of hydrogen-bond acceptors (Lipinski definition) is 1. The lowest BCUT2D eigenvalue weighted by Crippen LogP contribution is -2.37. The number of ketones is 1. The molecular weight excluding hydrogens is 199 g/mol. The maximum absolute atomic E-state index is 13.1. The Morgan fingerprint density at radius 1 is 1.29 bits per heavy atom. The van der Waals surface area contributed by atoms with E-state index in [0.29, 0.717) is 6.07 Å². The highest BCUT2D eigenvalue weighted by molar-refractivity contribution is 6.73. The van der Waals surface area contributed by atoms with Gasteiger partial charge < -0.3 is 12.9 Å². The minimum atomic E-state index is -5.40. The molecule has 1 aromatic rings. The van der Waals surface area contributed by atoms with Crippen LogP contribution in [0.3, 0.4) is 0 Å². The van der Waals surface area contributed by atoms with Gasteiger partial charge in [0.05, 0.1) is 0 Å². The van der Waals surface area contributed by atoms with E-state index < -0.39 is 29.6 Å². The van der Waals surface area contributed by atoms with E-state index in [-0.39, 0.29) is 0 Å². The van der Waals surface area contributed by atoms with Gasteiger partial charge in [0.2, 0.25) is 0 Å². The van der Waals surface area contributed by atoms with Crippen LogP contribution in [0.2, 0.25) is 0 Å². The predicted molar refractivity (Wildman–Crippen MR) is 45.1 cm³/mol. The summed E-state index contributed by atoms with van der Waals surface area (Å²) < 4.78 is 49.7. The molecule has 0 bridgehead atoms. The molecule has 0 N–H and O–H groups in total. The molecule has 0 saturated heterocycles. The Labute approximate surface area is 77.8 Å². The topological polar surface area (TPSA) is 17.1 Å². The van der Waals surface area contributed by atoms with E-state index in [2.05, 4.69) is 0 Å². The first-order chi connectivity index (χ1) is 6.34. The molecular formula is C8H6BF4O-. The van der Waals surface area contributed by atoms with Crippen molar-refractivity contribution in [2.24, 2.45) is 0 Å². The monoisotopic (exact) mass is 205 g/mol. The van der Waals surface area contributed by atoms with Crippen LogP contribution in [0.5, 0.6) is 0 Å². The average Bonchev–Trinajstić information content (AvgIpc) is 2.01. The van der Waals surface area contributed by atoms with Gasteiger partial charge in [0.25, 0.3) is 0 Å². The van der Waals surface area contributed by atoms with Crippen molar-refractivity contribution in [3.63, 3.8) is 0 Å². The van der Waals surface area contributed by atoms with Crippen LogP contribution in [0.4, 0.5) is 17.3 Å². The van der Waals surface area contributed by atoms with Gasteiger partial charge in [-0.1, -0.05) is 17.6 Å². The van der Waals surface area contributed by atoms with Crippen LogP contribution in [-0.4, -0.2) is 12.8 Å². The van der Waals surface area contributed by atoms with Crippen molar-refractivity contribution in [2.45, 2.75) is 6.92 Å². The third-order valence-corrected chi connectivity index (χ3v) is 1.76. The molecule has 76 valence electrons. The van der Waals surface area contributed by atoms with Crippen LogP contribution in [0.1, 0.15) is 17.3 Å². The normalized spacial score (nSPS) is 11.5. The van der Waals surface area contributed by atoms with Gasteiger partial charge in [-0.15, -0.1) is 0 Å². The minimum absolute atomic E-state index is 0.526. The number of benzene rings is 1. The molecule has 1 nitrogen and oxygen atoms in total. The van der Waals surface area contributed by atoms with Gasteiger partial charge in [0, 0.05) is 5.56 Å². The largest absolute Gasteiger partial charge is 0.512 e. The number of carbonyl (C=O) groups excluding carboxylic acids is 1. The summed E-state index contributed by atoms with van der Waals surface area (Å²) in [4.78, 5) is 10.7. The molecule has 0 aliphatic heterocycles. The minimum Gasteiger partial charge on any atom is -0.445 e. The summed E-state index contributed by atoms with van der Waals surface area (Å²) in [5, 5.41) is 0. The second-order valence-electron chi connectivity index (χ2n) is 2.84. The van der Waals surface area contributed by atoms with Crippen molar-refractivity contribution in [2.75, 3.05) is 0 Å². The van der Waals surface area contributed by atoms with Gasteiger partial charge >= 0.3 is 6.98 Å². The maximum Gasteiger partial charge on any atom is 0.512 e. The molecule has 0 fully saturated rings. The third kappa shape index (κ3) is 1.94. The summed E-state index contributed by atoms with van der Waals surface area (Å²) in [6.07, 6.45) is 0. The molecule has 14 heavy (non-hydrogen) atoms. The van der Waals surface area contributed by atoms with Crippen molar-refractivity contribution < 1.29 is 22.1 Å². The molecule has 0 heterocycles. The van der Waals surface area contributed by atoms with Crippen molar-refractivity contribution >= 4 is 18.2 Å². The summed E-state index contributed by atoms with van der Waals surface area (Å²) >= 11 is 0. The van der Waals surface area contributed by atoms with Crippen LogP contribution in [-0.2, 0) is 0 Å². The Morgan fingerprint density at radius 3 is 2.29 bits per heavy atom. The van der Waals surface area contributed by atoms with E-state index in [0.717, 1.165) is 19.1 Å². The molecule has 0 unspecified atom stereocenters. The molecule has 0 radical (unpaired) electrons. The van der Waals surface area contributed by atoms with E-state index in [1.165, 1.54) is 0 Å². The Morgan fingerprint density at radius 2 is 1.86 bits per heavy atom. The van der Waals surface area contributed by atoms with E-state index in [4.69, 9.17) is 0 Å². The summed E-state index contributed by atoms with van der Waals surface area (Å²) in [7, 11) is 0. The summed E-state index contributed by atoms with van der Waals surface area (Å²) in [6.45, 7) is -4.39. The van der Waals surface area contributed by atoms with E-state index in [9.17, 15) is 22.1 Å². The van der Waals surface area contributed by atoms with Gasteiger partial charge in [0.1, 0.15) is 5.82 Å². The smallest absolute Gasteiger partial charge is 0.445 e. The fourth-order valence-corrected chi connectivity index (χ4v) is 1.07. The summed E-state index contributed by atoms with van der Waals surface area (Å²) in [5.74, 6) is -2.20. The van der Waals surface area contributed by atoms with Gasteiger partial charge in [-0.2, -0.15) is 0 Å². The molecule has 1 rings (SSSR count). The van der Waals surface area contributed by atoms with Crippen LogP contribution >= 0.6 is 0 Å². The zero-order valence-electron chi connectivity index (χ0n) is 7.23. The highest BCUT2D eigenvalue weighted by Gasteiger charge is 2.30.